The first-order valence-corrected chi connectivity index (χ1v) is 8.48. The van der Waals surface area contributed by atoms with Gasteiger partial charge in [0, 0.05) is 12.6 Å². The normalized spacial score (nSPS) is 11.8. The average Bonchev–Trinajstić information content (AvgIpc) is 2.69. The van der Waals surface area contributed by atoms with Gasteiger partial charge in [0.15, 0.2) is 11.6 Å². The molecule has 1 heterocycles. The van der Waals surface area contributed by atoms with E-state index in [1.165, 1.54) is 19.4 Å². The number of fused-ring (bicyclic) bond motifs is 1. The predicted octanol–water partition coefficient (Wildman–Crippen LogP) is 2.35. The van der Waals surface area contributed by atoms with Crippen LogP contribution in [0, 0.1) is 11.6 Å². The van der Waals surface area contributed by atoms with E-state index in [1.807, 2.05) is 18.2 Å². The summed E-state index contributed by atoms with van der Waals surface area (Å²) in [7, 11) is 1.21. The van der Waals surface area contributed by atoms with Crippen molar-refractivity contribution >= 4 is 22.9 Å². The molecule has 0 saturated carbocycles. The summed E-state index contributed by atoms with van der Waals surface area (Å²) in [4.78, 5) is 33.1. The van der Waals surface area contributed by atoms with Crippen LogP contribution in [-0.4, -0.2) is 35.0 Å². The van der Waals surface area contributed by atoms with Crippen molar-refractivity contribution in [2.24, 2.45) is 0 Å². The molecule has 0 unspecified atom stereocenters. The number of nitrogens with one attached hydrogen (secondary N) is 1. The molecule has 0 spiro atoms. The van der Waals surface area contributed by atoms with Crippen molar-refractivity contribution in [2.75, 3.05) is 7.11 Å². The van der Waals surface area contributed by atoms with E-state index in [0.717, 1.165) is 12.1 Å². The number of amides is 1. The second-order valence-corrected chi connectivity index (χ2v) is 6.12. The first-order chi connectivity index (χ1) is 13.5. The Hall–Kier alpha value is -3.42. The van der Waals surface area contributed by atoms with Gasteiger partial charge in [-0.2, -0.15) is 0 Å². The van der Waals surface area contributed by atoms with Crippen molar-refractivity contribution in [1.29, 1.82) is 0 Å². The zero-order valence-corrected chi connectivity index (χ0v) is 15.0. The van der Waals surface area contributed by atoms with E-state index in [1.54, 1.807) is 6.07 Å². The lowest BCUT2D eigenvalue weighted by Crippen LogP contribution is -2.43. The highest BCUT2D eigenvalue weighted by atomic mass is 19.2. The maximum atomic E-state index is 13.3. The minimum atomic E-state index is -1.04. The number of carbonyl (C=O) groups is 2. The molecule has 3 aromatic rings. The summed E-state index contributed by atoms with van der Waals surface area (Å²) in [5.41, 5.74) is 2.16. The molecular weight excluding hydrogens is 368 g/mol. The van der Waals surface area contributed by atoms with Gasteiger partial charge in [0.2, 0.25) is 5.91 Å². The molecule has 0 aliphatic carbocycles. The summed E-state index contributed by atoms with van der Waals surface area (Å²) in [6.07, 6.45) is 1.39. The zero-order valence-electron chi connectivity index (χ0n) is 15.0. The number of carbonyl (C=O) groups excluding carboxylic acids is 2. The van der Waals surface area contributed by atoms with Gasteiger partial charge in [-0.25, -0.2) is 18.6 Å². The minimum Gasteiger partial charge on any atom is -0.467 e. The number of hydrogen-bond acceptors (Lipinski definition) is 5. The zero-order chi connectivity index (χ0) is 20.1. The topological polar surface area (TPSA) is 81.2 Å². The molecule has 28 heavy (non-hydrogen) atoms. The maximum absolute atomic E-state index is 13.3. The lowest BCUT2D eigenvalue weighted by molar-refractivity contribution is -0.145. The molecule has 0 aliphatic heterocycles. The van der Waals surface area contributed by atoms with Gasteiger partial charge in [-0.15, -0.1) is 0 Å². The van der Waals surface area contributed by atoms with E-state index >= 15 is 0 Å². The summed E-state index contributed by atoms with van der Waals surface area (Å²) in [6.45, 7) is 0. The number of halogens is 2. The molecule has 6 nitrogen and oxygen atoms in total. The SMILES string of the molecule is COC(=O)[C@@H](Cc1cnc2ccccc2n1)NC(=O)Cc1ccc(F)c(F)c1. The Kier molecular flexibility index (Phi) is 5.88. The van der Waals surface area contributed by atoms with Crippen LogP contribution in [0.2, 0.25) is 0 Å². The number of benzene rings is 2. The Morgan fingerprint density at radius 2 is 1.86 bits per heavy atom. The van der Waals surface area contributed by atoms with Gasteiger partial charge in [-0.05, 0) is 29.8 Å². The third-order valence-corrected chi connectivity index (χ3v) is 4.08. The third kappa shape index (κ3) is 4.64. The van der Waals surface area contributed by atoms with Crippen molar-refractivity contribution in [3.63, 3.8) is 0 Å². The van der Waals surface area contributed by atoms with E-state index in [0.29, 0.717) is 16.7 Å². The molecule has 8 heteroatoms. The van der Waals surface area contributed by atoms with Gasteiger partial charge in [-0.1, -0.05) is 18.2 Å². The molecule has 3 rings (SSSR count). The summed E-state index contributed by atoms with van der Waals surface area (Å²) in [5, 5.41) is 2.55. The Labute approximate surface area is 159 Å². The second-order valence-electron chi connectivity index (χ2n) is 6.12. The van der Waals surface area contributed by atoms with Crippen LogP contribution in [0.15, 0.2) is 48.7 Å². The van der Waals surface area contributed by atoms with Gasteiger partial charge in [0.25, 0.3) is 0 Å². The molecular formula is C20H17F2N3O3. The fraction of sp³-hybridized carbons (Fsp3) is 0.200. The number of methoxy groups -OCH3 is 1. The van der Waals surface area contributed by atoms with Gasteiger partial charge in [0.1, 0.15) is 6.04 Å². The van der Waals surface area contributed by atoms with E-state index in [-0.39, 0.29) is 18.4 Å². The molecule has 0 saturated heterocycles. The van der Waals surface area contributed by atoms with E-state index < -0.39 is 29.6 Å². The average molecular weight is 385 g/mol. The maximum Gasteiger partial charge on any atom is 0.328 e. The first-order valence-electron chi connectivity index (χ1n) is 8.48. The smallest absolute Gasteiger partial charge is 0.328 e. The Morgan fingerprint density at radius 1 is 1.11 bits per heavy atom. The van der Waals surface area contributed by atoms with Crippen LogP contribution < -0.4 is 5.32 Å². The number of aromatic nitrogens is 2. The van der Waals surface area contributed by atoms with Crippen LogP contribution in [-0.2, 0) is 27.2 Å². The van der Waals surface area contributed by atoms with Crippen molar-refractivity contribution in [3.8, 4) is 0 Å². The number of ether oxygens (including phenoxy) is 1. The van der Waals surface area contributed by atoms with Gasteiger partial charge in [0.05, 0.1) is 30.3 Å². The third-order valence-electron chi connectivity index (χ3n) is 4.08. The van der Waals surface area contributed by atoms with Crippen molar-refractivity contribution in [3.05, 3.63) is 71.6 Å². The summed E-state index contributed by atoms with van der Waals surface area (Å²) in [5.74, 6) is -3.21. The van der Waals surface area contributed by atoms with Crippen LogP contribution >= 0.6 is 0 Å². The molecule has 2 aromatic carbocycles. The quantitative estimate of drug-likeness (QED) is 0.659. The van der Waals surface area contributed by atoms with Crippen LogP contribution in [0.3, 0.4) is 0 Å². The van der Waals surface area contributed by atoms with Gasteiger partial charge < -0.3 is 10.1 Å². The standard InChI is InChI=1S/C20H17F2N3O3/c1-28-20(27)18(10-13-11-23-16-4-2-3-5-17(16)24-13)25-19(26)9-12-6-7-14(21)15(22)8-12/h2-8,11,18H,9-10H2,1H3,(H,25,26)/t18-/m1/s1. The van der Waals surface area contributed by atoms with Gasteiger partial charge >= 0.3 is 5.97 Å². The highest BCUT2D eigenvalue weighted by molar-refractivity contribution is 5.85. The van der Waals surface area contributed by atoms with E-state index in [9.17, 15) is 18.4 Å². The largest absolute Gasteiger partial charge is 0.467 e. The fourth-order valence-corrected chi connectivity index (χ4v) is 2.72. The lowest BCUT2D eigenvalue weighted by Gasteiger charge is -2.16. The fourth-order valence-electron chi connectivity index (χ4n) is 2.72. The predicted molar refractivity (Wildman–Crippen MR) is 97.3 cm³/mol. The van der Waals surface area contributed by atoms with E-state index in [2.05, 4.69) is 15.3 Å². The van der Waals surface area contributed by atoms with Crippen LogP contribution in [0.5, 0.6) is 0 Å². The summed E-state index contributed by atoms with van der Waals surface area (Å²) in [6, 6.07) is 9.47. The van der Waals surface area contributed by atoms with Crippen LogP contribution in [0.4, 0.5) is 8.78 Å². The van der Waals surface area contributed by atoms with Crippen molar-refractivity contribution in [1.82, 2.24) is 15.3 Å². The number of esters is 1. The summed E-state index contributed by atoms with van der Waals surface area (Å²) < 4.78 is 31.0. The monoisotopic (exact) mass is 385 g/mol. The summed E-state index contributed by atoms with van der Waals surface area (Å²) >= 11 is 0. The second kappa shape index (κ2) is 8.51. The van der Waals surface area contributed by atoms with Crippen molar-refractivity contribution in [2.45, 2.75) is 18.9 Å². The number of hydrogen-bond donors (Lipinski definition) is 1. The van der Waals surface area contributed by atoms with E-state index in [4.69, 9.17) is 4.74 Å². The molecule has 1 atom stereocenters. The highest BCUT2D eigenvalue weighted by Gasteiger charge is 2.23. The molecule has 1 aromatic heterocycles. The molecule has 0 aliphatic rings. The van der Waals surface area contributed by atoms with Crippen molar-refractivity contribution < 1.29 is 23.1 Å². The van der Waals surface area contributed by atoms with Gasteiger partial charge in [-0.3, -0.25) is 9.78 Å². The number of nitrogens with zero attached hydrogens (tertiary/aromatic N) is 2. The molecule has 1 N–H and O–H groups in total. The molecule has 0 bridgehead atoms. The highest BCUT2D eigenvalue weighted by Crippen LogP contribution is 2.12. The molecule has 1 amide bonds. The molecule has 0 radical (unpaired) electrons. The minimum absolute atomic E-state index is 0.0774. The Morgan fingerprint density at radius 3 is 2.57 bits per heavy atom. The molecule has 0 fully saturated rings. The number of rotatable bonds is 6. The molecule has 144 valence electrons. The van der Waals surface area contributed by atoms with Crippen LogP contribution in [0.1, 0.15) is 11.3 Å². The number of para-hydroxylation sites is 2. The van der Waals surface area contributed by atoms with Crippen LogP contribution in [0.25, 0.3) is 11.0 Å². The first kappa shape index (κ1) is 19.3. The Balaban J connectivity index is 1.72. The lowest BCUT2D eigenvalue weighted by atomic mass is 10.1. The Bertz CT molecular complexity index is 1030.